The summed E-state index contributed by atoms with van der Waals surface area (Å²) in [4.78, 5) is 15.6. The van der Waals surface area contributed by atoms with E-state index in [1.165, 1.54) is 0 Å². The van der Waals surface area contributed by atoms with Crippen molar-refractivity contribution in [2.24, 2.45) is 11.3 Å². The van der Waals surface area contributed by atoms with Crippen molar-refractivity contribution in [1.29, 1.82) is 0 Å². The van der Waals surface area contributed by atoms with Crippen molar-refractivity contribution in [2.75, 3.05) is 6.61 Å². The van der Waals surface area contributed by atoms with Crippen LogP contribution in [0.1, 0.15) is 41.0 Å². The van der Waals surface area contributed by atoms with E-state index in [0.29, 0.717) is 12.3 Å². The molecule has 0 fully saturated rings. The van der Waals surface area contributed by atoms with Crippen molar-refractivity contribution >= 4 is 5.97 Å². The summed E-state index contributed by atoms with van der Waals surface area (Å²) >= 11 is 0. The molecule has 0 saturated carbocycles. The molecule has 0 rings (SSSR count). The predicted molar refractivity (Wildman–Crippen MR) is 57.4 cm³/mol. The molecule has 0 aliphatic carbocycles. The summed E-state index contributed by atoms with van der Waals surface area (Å²) in [5, 5.41) is 8.37. The van der Waals surface area contributed by atoms with Gasteiger partial charge in [-0.25, -0.2) is 4.89 Å². The lowest BCUT2D eigenvalue weighted by molar-refractivity contribution is -0.260. The van der Waals surface area contributed by atoms with Gasteiger partial charge in [0.05, 0.1) is 5.41 Å². The van der Waals surface area contributed by atoms with Crippen molar-refractivity contribution < 1.29 is 19.7 Å². The summed E-state index contributed by atoms with van der Waals surface area (Å²) in [6.07, 6.45) is 0.310. The van der Waals surface area contributed by atoms with Crippen LogP contribution in [0.2, 0.25) is 0 Å². The van der Waals surface area contributed by atoms with Crippen LogP contribution in [-0.4, -0.2) is 23.9 Å². The van der Waals surface area contributed by atoms with Gasteiger partial charge in [0, 0.05) is 0 Å². The Morgan fingerprint density at radius 1 is 1.33 bits per heavy atom. The van der Waals surface area contributed by atoms with Crippen LogP contribution in [0.5, 0.6) is 0 Å². The molecule has 15 heavy (non-hydrogen) atoms. The van der Waals surface area contributed by atoms with Crippen LogP contribution in [0.4, 0.5) is 0 Å². The zero-order valence-electron chi connectivity index (χ0n) is 10.2. The molecule has 0 saturated heterocycles. The molecule has 0 aromatic carbocycles. The quantitative estimate of drug-likeness (QED) is 0.437. The van der Waals surface area contributed by atoms with Crippen LogP contribution in [0, 0.1) is 11.3 Å². The average molecular weight is 218 g/mol. The third kappa shape index (κ3) is 6.47. The fraction of sp³-hybridized carbons (Fsp3) is 0.909. The van der Waals surface area contributed by atoms with Gasteiger partial charge in [0.2, 0.25) is 0 Å². The second kappa shape index (κ2) is 6.08. The van der Waals surface area contributed by atoms with Gasteiger partial charge in [-0.15, -0.1) is 0 Å². The lowest BCUT2D eigenvalue weighted by Crippen LogP contribution is -2.31. The molecule has 0 aliphatic rings. The summed E-state index contributed by atoms with van der Waals surface area (Å²) in [7, 11) is 0. The molecule has 1 unspecified atom stereocenters. The highest BCUT2D eigenvalue weighted by Crippen LogP contribution is 2.18. The minimum absolute atomic E-state index is 0.0278. The van der Waals surface area contributed by atoms with Crippen molar-refractivity contribution in [2.45, 2.75) is 47.1 Å². The summed E-state index contributed by atoms with van der Waals surface area (Å²) < 4.78 is 5.24. The number of rotatable bonds is 5. The van der Waals surface area contributed by atoms with Crippen LogP contribution >= 0.6 is 0 Å². The van der Waals surface area contributed by atoms with Crippen molar-refractivity contribution in [3.05, 3.63) is 0 Å². The van der Waals surface area contributed by atoms with Gasteiger partial charge in [-0.2, -0.15) is 0 Å². The third-order valence-corrected chi connectivity index (χ3v) is 1.88. The van der Waals surface area contributed by atoms with E-state index in [-0.39, 0.29) is 18.7 Å². The molecule has 4 heteroatoms. The molecule has 0 bridgehead atoms. The van der Waals surface area contributed by atoms with Crippen LogP contribution in [0.15, 0.2) is 0 Å². The normalized spacial score (nSPS) is 14.1. The van der Waals surface area contributed by atoms with Gasteiger partial charge in [0.25, 0.3) is 0 Å². The molecule has 0 radical (unpaired) electrons. The molecule has 4 nitrogen and oxygen atoms in total. The molecule has 1 atom stereocenters. The van der Waals surface area contributed by atoms with E-state index in [1.54, 1.807) is 20.8 Å². The Morgan fingerprint density at radius 3 is 2.20 bits per heavy atom. The monoisotopic (exact) mass is 218 g/mol. The summed E-state index contributed by atoms with van der Waals surface area (Å²) in [6, 6.07) is 0. The lowest BCUT2D eigenvalue weighted by atomic mass is 9.97. The number of esters is 1. The molecule has 1 N–H and O–H groups in total. The number of carbonyl (C=O) groups excluding carboxylic acids is 1. The molecule has 0 aliphatic heterocycles. The van der Waals surface area contributed by atoms with E-state index in [4.69, 9.17) is 9.99 Å². The highest BCUT2D eigenvalue weighted by atomic mass is 17.1. The minimum atomic E-state index is -0.523. The van der Waals surface area contributed by atoms with Gasteiger partial charge in [0.1, 0.15) is 12.7 Å². The van der Waals surface area contributed by atoms with E-state index < -0.39 is 5.41 Å². The van der Waals surface area contributed by atoms with Crippen LogP contribution < -0.4 is 0 Å². The zero-order chi connectivity index (χ0) is 12.1. The van der Waals surface area contributed by atoms with Gasteiger partial charge < -0.3 is 4.74 Å². The van der Waals surface area contributed by atoms with Gasteiger partial charge >= 0.3 is 5.97 Å². The van der Waals surface area contributed by atoms with Gasteiger partial charge in [-0.1, -0.05) is 13.8 Å². The lowest BCUT2D eigenvalue weighted by Gasteiger charge is -2.23. The Morgan fingerprint density at radius 2 is 1.87 bits per heavy atom. The number of ether oxygens (including phenoxy) is 1. The molecular weight excluding hydrogens is 196 g/mol. The van der Waals surface area contributed by atoms with E-state index in [0.717, 1.165) is 0 Å². The van der Waals surface area contributed by atoms with Gasteiger partial charge in [-0.05, 0) is 33.1 Å². The van der Waals surface area contributed by atoms with E-state index in [2.05, 4.69) is 4.89 Å². The Kier molecular flexibility index (Phi) is 5.83. The molecule has 0 aromatic rings. The Labute approximate surface area is 91.5 Å². The summed E-state index contributed by atoms with van der Waals surface area (Å²) in [6.45, 7) is 9.45. The fourth-order valence-corrected chi connectivity index (χ4v) is 1.09. The number of carbonyl (C=O) groups is 1. The first kappa shape index (κ1) is 14.4. The first-order valence-corrected chi connectivity index (χ1v) is 5.24. The maximum absolute atomic E-state index is 11.6. The molecule has 0 heterocycles. The second-order valence-corrected chi connectivity index (χ2v) is 5.20. The van der Waals surface area contributed by atoms with Gasteiger partial charge in [0.15, 0.2) is 0 Å². The maximum Gasteiger partial charge on any atom is 0.311 e. The highest BCUT2D eigenvalue weighted by molar-refractivity contribution is 5.75. The van der Waals surface area contributed by atoms with Crippen molar-refractivity contribution in [1.82, 2.24) is 0 Å². The zero-order valence-corrected chi connectivity index (χ0v) is 10.2. The molecule has 0 aromatic heterocycles. The Hall–Kier alpha value is -0.610. The largest absolute Gasteiger partial charge is 0.459 e. The van der Waals surface area contributed by atoms with E-state index in [9.17, 15) is 4.79 Å². The maximum atomic E-state index is 11.6. The smallest absolute Gasteiger partial charge is 0.311 e. The Bertz CT molecular complexity index is 193. The topological polar surface area (TPSA) is 55.8 Å². The van der Waals surface area contributed by atoms with E-state index >= 15 is 0 Å². The summed E-state index contributed by atoms with van der Waals surface area (Å²) in [5.74, 6) is 0.114. The van der Waals surface area contributed by atoms with Gasteiger partial charge in [-0.3, -0.25) is 10.1 Å². The molecule has 0 spiro atoms. The average Bonchev–Trinajstić information content (AvgIpc) is 2.01. The molecular formula is C11H22O4. The van der Waals surface area contributed by atoms with Crippen LogP contribution in [-0.2, 0) is 14.4 Å². The second-order valence-electron chi connectivity index (χ2n) is 5.20. The number of hydrogen-bond acceptors (Lipinski definition) is 4. The van der Waals surface area contributed by atoms with Crippen LogP contribution in [0.25, 0.3) is 0 Å². The molecule has 90 valence electrons. The minimum Gasteiger partial charge on any atom is -0.459 e. The predicted octanol–water partition coefficient (Wildman–Crippen LogP) is 2.48. The van der Waals surface area contributed by atoms with Crippen molar-refractivity contribution in [3.63, 3.8) is 0 Å². The van der Waals surface area contributed by atoms with Crippen LogP contribution in [0.3, 0.4) is 0 Å². The molecule has 0 amide bonds. The third-order valence-electron chi connectivity index (χ3n) is 1.88. The standard InChI is InChI=1S/C11H22O4/c1-8(2)6-9(7-14-13)15-10(12)11(3,4)5/h8-9,13H,6-7H2,1-5H3. The highest BCUT2D eigenvalue weighted by Gasteiger charge is 2.26. The summed E-state index contributed by atoms with van der Waals surface area (Å²) in [5.41, 5.74) is -0.523. The SMILES string of the molecule is CC(C)CC(COO)OC(=O)C(C)(C)C. The first-order valence-electron chi connectivity index (χ1n) is 5.24. The fourth-order valence-electron chi connectivity index (χ4n) is 1.09. The van der Waals surface area contributed by atoms with Crippen molar-refractivity contribution in [3.8, 4) is 0 Å². The number of hydrogen-bond donors (Lipinski definition) is 1. The first-order chi connectivity index (χ1) is 6.77. The Balaban J connectivity index is 4.22. The van der Waals surface area contributed by atoms with E-state index in [1.807, 2.05) is 13.8 Å².